The van der Waals surface area contributed by atoms with Crippen molar-refractivity contribution in [3.63, 3.8) is 0 Å². The van der Waals surface area contributed by atoms with Gasteiger partial charge in [-0.25, -0.2) is 4.98 Å². The van der Waals surface area contributed by atoms with Crippen LogP contribution in [-0.2, 0) is 6.42 Å². The molecule has 0 atom stereocenters. The molecule has 0 fully saturated rings. The van der Waals surface area contributed by atoms with Crippen molar-refractivity contribution < 1.29 is 4.79 Å². The lowest BCUT2D eigenvalue weighted by atomic mass is 10.2. The van der Waals surface area contributed by atoms with Crippen LogP contribution >= 0.6 is 11.3 Å². The summed E-state index contributed by atoms with van der Waals surface area (Å²) in [4.78, 5) is 16.3. The number of nitrogens with zero attached hydrogens (tertiary/aromatic N) is 1. The SMILES string of the molecule is CCNCCNC(=O)c1csc(Cc2ccccc2)n1. The number of amides is 1. The predicted molar refractivity (Wildman–Crippen MR) is 82.2 cm³/mol. The van der Waals surface area contributed by atoms with Crippen LogP contribution < -0.4 is 10.6 Å². The van der Waals surface area contributed by atoms with Gasteiger partial charge in [-0.1, -0.05) is 37.3 Å². The first-order valence-corrected chi connectivity index (χ1v) is 7.65. The fraction of sp³-hybridized carbons (Fsp3) is 0.333. The Balaban J connectivity index is 1.87. The number of carbonyl (C=O) groups excluding carboxylic acids is 1. The minimum Gasteiger partial charge on any atom is -0.349 e. The smallest absolute Gasteiger partial charge is 0.270 e. The van der Waals surface area contributed by atoms with Crippen molar-refractivity contribution in [2.75, 3.05) is 19.6 Å². The third-order valence-corrected chi connectivity index (χ3v) is 3.67. The number of nitrogens with one attached hydrogen (secondary N) is 2. The van der Waals surface area contributed by atoms with Crippen molar-refractivity contribution in [1.82, 2.24) is 15.6 Å². The Morgan fingerprint density at radius 2 is 2.05 bits per heavy atom. The van der Waals surface area contributed by atoms with Gasteiger partial charge >= 0.3 is 0 Å². The van der Waals surface area contributed by atoms with Crippen LogP contribution in [0.3, 0.4) is 0 Å². The summed E-state index contributed by atoms with van der Waals surface area (Å²) < 4.78 is 0. The van der Waals surface area contributed by atoms with E-state index in [1.165, 1.54) is 16.9 Å². The van der Waals surface area contributed by atoms with Crippen molar-refractivity contribution in [3.05, 3.63) is 52.0 Å². The number of hydrogen-bond acceptors (Lipinski definition) is 4. The highest BCUT2D eigenvalue weighted by molar-refractivity contribution is 7.09. The second-order valence-corrected chi connectivity index (χ2v) is 5.34. The summed E-state index contributed by atoms with van der Waals surface area (Å²) in [5.74, 6) is -0.0986. The zero-order valence-corrected chi connectivity index (χ0v) is 12.4. The quantitative estimate of drug-likeness (QED) is 0.767. The Hall–Kier alpha value is -1.72. The molecule has 0 unspecified atom stereocenters. The molecule has 0 saturated carbocycles. The van der Waals surface area contributed by atoms with Crippen LogP contribution in [-0.4, -0.2) is 30.5 Å². The molecule has 0 aliphatic rings. The Bertz CT molecular complexity index is 539. The Labute approximate surface area is 123 Å². The van der Waals surface area contributed by atoms with E-state index in [4.69, 9.17) is 0 Å². The first-order valence-electron chi connectivity index (χ1n) is 6.77. The van der Waals surface area contributed by atoms with E-state index in [9.17, 15) is 4.79 Å². The lowest BCUT2D eigenvalue weighted by Crippen LogP contribution is -2.31. The summed E-state index contributed by atoms with van der Waals surface area (Å²) in [6.45, 7) is 4.35. The Morgan fingerprint density at radius 1 is 1.25 bits per heavy atom. The van der Waals surface area contributed by atoms with E-state index in [1.54, 1.807) is 0 Å². The van der Waals surface area contributed by atoms with Gasteiger partial charge in [0.2, 0.25) is 0 Å². The first-order chi connectivity index (χ1) is 9.79. The number of aromatic nitrogens is 1. The predicted octanol–water partition coefficient (Wildman–Crippen LogP) is 2.07. The second kappa shape index (κ2) is 7.77. The van der Waals surface area contributed by atoms with Gasteiger partial charge < -0.3 is 10.6 Å². The molecule has 2 rings (SSSR count). The highest BCUT2D eigenvalue weighted by Crippen LogP contribution is 2.14. The van der Waals surface area contributed by atoms with E-state index in [2.05, 4.69) is 27.8 Å². The molecule has 20 heavy (non-hydrogen) atoms. The minimum atomic E-state index is -0.0986. The van der Waals surface area contributed by atoms with Gasteiger partial charge in [0.15, 0.2) is 0 Å². The van der Waals surface area contributed by atoms with E-state index in [0.29, 0.717) is 12.2 Å². The van der Waals surface area contributed by atoms with Crippen LogP contribution in [0, 0.1) is 0 Å². The molecule has 0 bridgehead atoms. The summed E-state index contributed by atoms with van der Waals surface area (Å²) in [5.41, 5.74) is 1.72. The number of thiazole rings is 1. The molecule has 1 amide bonds. The maximum absolute atomic E-state index is 11.9. The second-order valence-electron chi connectivity index (χ2n) is 4.40. The summed E-state index contributed by atoms with van der Waals surface area (Å²) in [6.07, 6.45) is 0.774. The van der Waals surface area contributed by atoms with E-state index in [-0.39, 0.29) is 5.91 Å². The van der Waals surface area contributed by atoms with Crippen LogP contribution in [0.25, 0.3) is 0 Å². The molecule has 0 aliphatic heterocycles. The molecule has 0 saturated heterocycles. The molecule has 0 aliphatic carbocycles. The number of hydrogen-bond donors (Lipinski definition) is 2. The maximum Gasteiger partial charge on any atom is 0.270 e. The third kappa shape index (κ3) is 4.43. The number of carbonyl (C=O) groups is 1. The molecule has 1 heterocycles. The van der Waals surface area contributed by atoms with Gasteiger partial charge in [-0.3, -0.25) is 4.79 Å². The van der Waals surface area contributed by atoms with Crippen molar-refractivity contribution in [2.24, 2.45) is 0 Å². The van der Waals surface area contributed by atoms with Crippen LogP contribution in [0.5, 0.6) is 0 Å². The largest absolute Gasteiger partial charge is 0.349 e. The lowest BCUT2D eigenvalue weighted by molar-refractivity contribution is 0.0949. The van der Waals surface area contributed by atoms with Crippen LogP contribution in [0.1, 0.15) is 28.0 Å². The molecule has 4 nitrogen and oxygen atoms in total. The molecule has 1 aromatic carbocycles. The maximum atomic E-state index is 11.9. The molecule has 0 radical (unpaired) electrons. The van der Waals surface area contributed by atoms with E-state index >= 15 is 0 Å². The summed E-state index contributed by atoms with van der Waals surface area (Å²) >= 11 is 1.53. The minimum absolute atomic E-state index is 0.0986. The first kappa shape index (κ1) is 14.7. The summed E-state index contributed by atoms with van der Waals surface area (Å²) in [5, 5.41) is 8.80. The number of benzene rings is 1. The fourth-order valence-electron chi connectivity index (χ4n) is 1.80. The zero-order chi connectivity index (χ0) is 14.2. The van der Waals surface area contributed by atoms with Gasteiger partial charge in [0.05, 0.1) is 5.01 Å². The van der Waals surface area contributed by atoms with Gasteiger partial charge in [0.1, 0.15) is 5.69 Å². The fourth-order valence-corrected chi connectivity index (χ4v) is 2.61. The van der Waals surface area contributed by atoms with Crippen LogP contribution in [0.15, 0.2) is 35.7 Å². The standard InChI is InChI=1S/C15H19N3OS/c1-2-16-8-9-17-15(19)13-11-20-14(18-13)10-12-6-4-3-5-7-12/h3-7,11,16H,2,8-10H2,1H3,(H,17,19). The molecular weight excluding hydrogens is 270 g/mol. The van der Waals surface area contributed by atoms with Gasteiger partial charge in [-0.05, 0) is 12.1 Å². The van der Waals surface area contributed by atoms with Gasteiger partial charge in [0, 0.05) is 24.9 Å². The molecular formula is C15H19N3OS. The lowest BCUT2D eigenvalue weighted by Gasteiger charge is -2.03. The summed E-state index contributed by atoms with van der Waals surface area (Å²) in [6, 6.07) is 10.2. The normalized spacial score (nSPS) is 10.4. The van der Waals surface area contributed by atoms with Crippen molar-refractivity contribution in [3.8, 4) is 0 Å². The number of likely N-dealkylation sites (N-methyl/N-ethyl adjacent to an activating group) is 1. The average Bonchev–Trinajstić information content (AvgIpc) is 2.93. The Kier molecular flexibility index (Phi) is 5.70. The van der Waals surface area contributed by atoms with Crippen molar-refractivity contribution >= 4 is 17.2 Å². The molecule has 2 aromatic rings. The highest BCUT2D eigenvalue weighted by atomic mass is 32.1. The van der Waals surface area contributed by atoms with E-state index < -0.39 is 0 Å². The average molecular weight is 289 g/mol. The molecule has 0 spiro atoms. The van der Waals surface area contributed by atoms with Gasteiger partial charge in [-0.2, -0.15) is 0 Å². The molecule has 106 valence electrons. The Morgan fingerprint density at radius 3 is 2.80 bits per heavy atom. The molecule has 1 aromatic heterocycles. The van der Waals surface area contributed by atoms with E-state index in [1.807, 2.05) is 30.5 Å². The zero-order valence-electron chi connectivity index (χ0n) is 11.6. The van der Waals surface area contributed by atoms with E-state index in [0.717, 1.165) is 24.5 Å². The van der Waals surface area contributed by atoms with Crippen molar-refractivity contribution in [2.45, 2.75) is 13.3 Å². The topological polar surface area (TPSA) is 54.0 Å². The van der Waals surface area contributed by atoms with Crippen LogP contribution in [0.2, 0.25) is 0 Å². The molecule has 5 heteroatoms. The van der Waals surface area contributed by atoms with Gasteiger partial charge in [-0.15, -0.1) is 11.3 Å². The monoisotopic (exact) mass is 289 g/mol. The highest BCUT2D eigenvalue weighted by Gasteiger charge is 2.10. The van der Waals surface area contributed by atoms with Crippen molar-refractivity contribution in [1.29, 1.82) is 0 Å². The van der Waals surface area contributed by atoms with Crippen LogP contribution in [0.4, 0.5) is 0 Å². The summed E-state index contributed by atoms with van der Waals surface area (Å²) in [7, 11) is 0. The third-order valence-electron chi connectivity index (χ3n) is 2.82. The molecule has 2 N–H and O–H groups in total. The number of rotatable bonds is 7. The van der Waals surface area contributed by atoms with Gasteiger partial charge in [0.25, 0.3) is 5.91 Å².